The number of amides is 2. The maximum atomic E-state index is 12.6. The molecule has 1 heterocycles. The average molecular weight is 360 g/mol. The van der Waals surface area contributed by atoms with Gasteiger partial charge in [-0.3, -0.25) is 4.79 Å². The minimum absolute atomic E-state index is 0.0671. The van der Waals surface area contributed by atoms with Gasteiger partial charge in [-0.1, -0.05) is 20.8 Å². The number of nitrogens with zero attached hydrogens (tertiary/aromatic N) is 1. The van der Waals surface area contributed by atoms with Crippen LogP contribution in [0.5, 0.6) is 0 Å². The molecule has 1 aliphatic heterocycles. The minimum atomic E-state index is -1.83. The van der Waals surface area contributed by atoms with Gasteiger partial charge in [-0.25, -0.2) is 4.79 Å². The van der Waals surface area contributed by atoms with Crippen molar-refractivity contribution < 1.29 is 19.1 Å². The fourth-order valence-electron chi connectivity index (χ4n) is 2.36. The Bertz CT molecular complexity index is 474. The van der Waals surface area contributed by atoms with Crippen LogP contribution >= 0.6 is 0 Å². The van der Waals surface area contributed by atoms with Crippen molar-refractivity contribution in [2.24, 2.45) is 0 Å². The molecular formula is C16H33N3O4Si. The summed E-state index contributed by atoms with van der Waals surface area (Å²) in [7, 11) is -1.83. The summed E-state index contributed by atoms with van der Waals surface area (Å²) < 4.78 is 6.24. The van der Waals surface area contributed by atoms with Gasteiger partial charge < -0.3 is 25.1 Å². The second-order valence-electron chi connectivity index (χ2n) is 8.53. The van der Waals surface area contributed by atoms with Gasteiger partial charge in [-0.05, 0) is 32.0 Å². The van der Waals surface area contributed by atoms with E-state index in [1.807, 2.05) is 0 Å². The van der Waals surface area contributed by atoms with E-state index in [2.05, 4.69) is 44.5 Å². The molecule has 8 heteroatoms. The summed E-state index contributed by atoms with van der Waals surface area (Å²) in [4.78, 5) is 25.2. The zero-order chi connectivity index (χ0) is 18.8. The van der Waals surface area contributed by atoms with Crippen LogP contribution in [0, 0.1) is 0 Å². The minimum Gasteiger partial charge on any atom is -0.465 e. The molecule has 1 atom stereocenters. The van der Waals surface area contributed by atoms with Crippen molar-refractivity contribution in [2.75, 3.05) is 26.2 Å². The summed E-state index contributed by atoms with van der Waals surface area (Å²) in [6.07, 6.45) is -1.19. The fraction of sp³-hybridized carbons (Fsp3) is 0.875. The highest BCUT2D eigenvalue weighted by Crippen LogP contribution is 2.36. The quantitative estimate of drug-likeness (QED) is 0.652. The number of rotatable bonds is 5. The van der Waals surface area contributed by atoms with Gasteiger partial charge in [0, 0.05) is 25.7 Å². The number of nitrogens with one attached hydrogen (secondary N) is 2. The predicted octanol–water partition coefficient (Wildman–Crippen LogP) is 1.85. The molecule has 0 aromatic rings. The van der Waals surface area contributed by atoms with Crippen molar-refractivity contribution in [3.8, 4) is 0 Å². The maximum absolute atomic E-state index is 12.6. The zero-order valence-corrected chi connectivity index (χ0v) is 17.0. The number of hydrogen-bond acceptors (Lipinski definition) is 4. The third-order valence-corrected chi connectivity index (χ3v) is 9.45. The number of piperazine rings is 1. The van der Waals surface area contributed by atoms with Crippen molar-refractivity contribution in [3.63, 3.8) is 0 Å². The summed E-state index contributed by atoms with van der Waals surface area (Å²) >= 11 is 0. The van der Waals surface area contributed by atoms with Gasteiger partial charge in [-0.15, -0.1) is 0 Å². The third kappa shape index (κ3) is 5.46. The third-order valence-electron chi connectivity index (χ3n) is 4.95. The van der Waals surface area contributed by atoms with E-state index in [0.717, 1.165) is 0 Å². The average Bonchev–Trinajstić information content (AvgIpc) is 2.42. The second-order valence-corrected chi connectivity index (χ2v) is 13.3. The predicted molar refractivity (Wildman–Crippen MR) is 96.8 cm³/mol. The van der Waals surface area contributed by atoms with Gasteiger partial charge in [-0.2, -0.15) is 0 Å². The Balaban J connectivity index is 2.64. The van der Waals surface area contributed by atoms with Gasteiger partial charge in [0.2, 0.25) is 5.91 Å². The smallest absolute Gasteiger partial charge is 0.405 e. The Hall–Kier alpha value is -1.12. The van der Waals surface area contributed by atoms with Crippen LogP contribution in [0.4, 0.5) is 4.79 Å². The van der Waals surface area contributed by atoms with Crippen LogP contribution in [0.25, 0.3) is 0 Å². The molecule has 3 N–H and O–H groups in total. The highest BCUT2D eigenvalue weighted by Gasteiger charge is 2.39. The normalized spacial score (nSPS) is 20.0. The molecule has 0 saturated carbocycles. The lowest BCUT2D eigenvalue weighted by atomic mass is 10.0. The second kappa shape index (κ2) is 7.41. The zero-order valence-electron chi connectivity index (χ0n) is 16.0. The van der Waals surface area contributed by atoms with Gasteiger partial charge in [0.05, 0.1) is 6.61 Å². The van der Waals surface area contributed by atoms with Crippen LogP contribution in [-0.2, 0) is 9.22 Å². The molecule has 2 amide bonds. The topological polar surface area (TPSA) is 90.9 Å². The van der Waals surface area contributed by atoms with Crippen LogP contribution < -0.4 is 10.6 Å². The van der Waals surface area contributed by atoms with Crippen LogP contribution in [0.15, 0.2) is 0 Å². The van der Waals surface area contributed by atoms with Crippen molar-refractivity contribution in [1.82, 2.24) is 15.5 Å². The summed E-state index contributed by atoms with van der Waals surface area (Å²) in [6.45, 7) is 16.5. The Morgan fingerprint density at radius 1 is 1.29 bits per heavy atom. The summed E-state index contributed by atoms with van der Waals surface area (Å²) in [6, 6.07) is 0.0671. The van der Waals surface area contributed by atoms with E-state index in [1.54, 1.807) is 18.7 Å². The molecule has 1 unspecified atom stereocenters. The van der Waals surface area contributed by atoms with E-state index in [1.165, 1.54) is 0 Å². The molecule has 0 aliphatic carbocycles. The molecular weight excluding hydrogens is 326 g/mol. The Morgan fingerprint density at radius 2 is 1.88 bits per heavy atom. The van der Waals surface area contributed by atoms with Crippen molar-refractivity contribution >= 4 is 20.3 Å². The summed E-state index contributed by atoms with van der Waals surface area (Å²) in [5.74, 6) is -0.205. The van der Waals surface area contributed by atoms with Gasteiger partial charge in [0.25, 0.3) is 0 Å². The largest absolute Gasteiger partial charge is 0.465 e. The first kappa shape index (κ1) is 20.9. The van der Waals surface area contributed by atoms with Crippen LogP contribution in [0.3, 0.4) is 0 Å². The molecule has 24 heavy (non-hydrogen) atoms. The number of carbonyl (C=O) groups is 2. The Labute approximate surface area is 146 Å². The first-order chi connectivity index (χ1) is 10.8. The van der Waals surface area contributed by atoms with E-state index in [0.29, 0.717) is 26.2 Å². The van der Waals surface area contributed by atoms with E-state index in [9.17, 15) is 9.59 Å². The van der Waals surface area contributed by atoms with Crippen molar-refractivity contribution in [3.05, 3.63) is 0 Å². The number of carbonyl (C=O) groups excluding carboxylic acids is 1. The van der Waals surface area contributed by atoms with E-state index < -0.39 is 19.9 Å². The molecule has 0 radical (unpaired) electrons. The lowest BCUT2D eigenvalue weighted by Crippen LogP contribution is -2.62. The van der Waals surface area contributed by atoms with Gasteiger partial charge in [0.1, 0.15) is 5.54 Å². The molecule has 0 aromatic heterocycles. The van der Waals surface area contributed by atoms with Crippen molar-refractivity contribution in [1.29, 1.82) is 0 Å². The lowest BCUT2D eigenvalue weighted by Gasteiger charge is -2.41. The molecule has 0 bridgehead atoms. The van der Waals surface area contributed by atoms with Crippen LogP contribution in [0.1, 0.15) is 34.6 Å². The number of hydrogen-bond donors (Lipinski definition) is 3. The highest BCUT2D eigenvalue weighted by atomic mass is 28.4. The first-order valence-corrected chi connectivity index (χ1v) is 11.3. The molecule has 1 saturated heterocycles. The monoisotopic (exact) mass is 359 g/mol. The fourth-order valence-corrected chi connectivity index (χ4v) is 3.41. The number of carboxylic acid groups (broad SMARTS) is 1. The van der Waals surface area contributed by atoms with E-state index >= 15 is 0 Å². The SMILES string of the molecule is CC(C)(NC(=O)O)C(=O)N1CCNC(CO[Si](C)(C)C(C)(C)C)C1. The first-order valence-electron chi connectivity index (χ1n) is 8.44. The molecule has 1 fully saturated rings. The molecule has 1 aliphatic rings. The highest BCUT2D eigenvalue weighted by molar-refractivity contribution is 6.74. The van der Waals surface area contributed by atoms with Crippen LogP contribution in [0.2, 0.25) is 18.1 Å². The summed E-state index contributed by atoms with van der Waals surface area (Å²) in [5, 5.41) is 14.7. The van der Waals surface area contributed by atoms with Crippen LogP contribution in [-0.4, -0.2) is 68.1 Å². The Morgan fingerprint density at radius 3 is 2.38 bits per heavy atom. The van der Waals surface area contributed by atoms with Gasteiger partial charge >= 0.3 is 6.09 Å². The maximum Gasteiger partial charge on any atom is 0.405 e. The van der Waals surface area contributed by atoms with E-state index in [4.69, 9.17) is 9.53 Å². The van der Waals surface area contributed by atoms with Gasteiger partial charge in [0.15, 0.2) is 8.32 Å². The Kier molecular flexibility index (Phi) is 6.46. The summed E-state index contributed by atoms with van der Waals surface area (Å²) in [5.41, 5.74) is -1.13. The standard InChI is InChI=1S/C16H33N3O4Si/c1-15(2,3)24(6,7)23-11-12-10-19(9-8-17-12)13(20)16(4,5)18-14(21)22/h12,17-18H,8-11H2,1-7H3,(H,21,22). The van der Waals surface area contributed by atoms with E-state index in [-0.39, 0.29) is 17.0 Å². The van der Waals surface area contributed by atoms with Crippen molar-refractivity contribution in [2.45, 2.75) is 64.3 Å². The molecule has 7 nitrogen and oxygen atoms in total. The molecule has 0 spiro atoms. The lowest BCUT2D eigenvalue weighted by molar-refractivity contribution is -0.138. The molecule has 0 aromatic carbocycles. The molecule has 140 valence electrons. The molecule has 1 rings (SSSR count).